The predicted octanol–water partition coefficient (Wildman–Crippen LogP) is 5.45. The second kappa shape index (κ2) is 10.3. The van der Waals surface area contributed by atoms with Crippen molar-refractivity contribution in [3.05, 3.63) is 71.8 Å². The third-order valence-corrected chi connectivity index (χ3v) is 7.87. The average Bonchev–Trinajstić information content (AvgIpc) is 2.85. The van der Waals surface area contributed by atoms with E-state index in [0.29, 0.717) is 13.0 Å². The molecule has 2 atom stereocenters. The Bertz CT molecular complexity index is 947. The molecule has 1 aliphatic rings. The SMILES string of the molecule is CCC(C)(C)C(=O)C(=O)N1CCCC(C(CC)(c2ccccc2)c2ccccc2)C1C(=O)S. The molecule has 4 nitrogen and oxygen atoms in total. The van der Waals surface area contributed by atoms with E-state index in [1.807, 2.05) is 43.3 Å². The number of thiol groups is 1. The monoisotopic (exact) mass is 465 g/mol. The smallest absolute Gasteiger partial charge is 0.291 e. The Morgan fingerprint density at radius 3 is 1.85 bits per heavy atom. The number of carbonyl (C=O) groups is 3. The van der Waals surface area contributed by atoms with Crippen LogP contribution in [0.1, 0.15) is 64.5 Å². The number of nitrogens with zero attached hydrogens (tertiary/aromatic N) is 1. The van der Waals surface area contributed by atoms with Gasteiger partial charge in [-0.15, -0.1) is 12.6 Å². The molecule has 1 fully saturated rings. The highest BCUT2D eigenvalue weighted by atomic mass is 32.1. The zero-order valence-electron chi connectivity index (χ0n) is 20.1. The molecule has 2 unspecified atom stereocenters. The summed E-state index contributed by atoms with van der Waals surface area (Å²) in [5.74, 6) is -1.20. The highest BCUT2D eigenvalue weighted by Gasteiger charge is 2.51. The molecule has 0 saturated carbocycles. The summed E-state index contributed by atoms with van der Waals surface area (Å²) in [6, 6.07) is 19.6. The normalized spacial score (nSPS) is 19.2. The molecular formula is C28H35NO3S. The summed E-state index contributed by atoms with van der Waals surface area (Å²) in [5, 5.41) is -0.361. The number of amides is 1. The molecule has 1 amide bonds. The Morgan fingerprint density at radius 1 is 0.909 bits per heavy atom. The van der Waals surface area contributed by atoms with Crippen molar-refractivity contribution in [1.29, 1.82) is 0 Å². The fraction of sp³-hybridized carbons (Fsp3) is 0.464. The molecule has 1 aliphatic heterocycles. The Hall–Kier alpha value is -2.40. The van der Waals surface area contributed by atoms with Gasteiger partial charge in [0.2, 0.25) is 10.9 Å². The van der Waals surface area contributed by atoms with Crippen molar-refractivity contribution in [2.45, 2.75) is 64.8 Å². The Kier molecular flexibility index (Phi) is 7.84. The number of benzene rings is 2. The van der Waals surface area contributed by atoms with E-state index in [1.54, 1.807) is 13.8 Å². The van der Waals surface area contributed by atoms with E-state index in [2.05, 4.69) is 43.8 Å². The van der Waals surface area contributed by atoms with E-state index in [-0.39, 0.29) is 11.0 Å². The minimum Gasteiger partial charge on any atom is -0.325 e. The van der Waals surface area contributed by atoms with E-state index in [0.717, 1.165) is 30.4 Å². The first-order valence-corrected chi connectivity index (χ1v) is 12.3. The number of likely N-dealkylation sites (tertiary alicyclic amines) is 1. The number of carbonyl (C=O) groups excluding carboxylic acids is 3. The van der Waals surface area contributed by atoms with Crippen LogP contribution in [0.4, 0.5) is 0 Å². The van der Waals surface area contributed by atoms with Crippen molar-refractivity contribution >= 4 is 29.4 Å². The highest BCUT2D eigenvalue weighted by molar-refractivity contribution is 7.96. The summed E-state index contributed by atoms with van der Waals surface area (Å²) < 4.78 is 0. The first-order valence-electron chi connectivity index (χ1n) is 11.9. The van der Waals surface area contributed by atoms with Crippen molar-refractivity contribution in [1.82, 2.24) is 4.90 Å². The molecule has 3 rings (SSSR count). The Labute approximate surface area is 203 Å². The molecule has 0 radical (unpaired) electrons. The van der Waals surface area contributed by atoms with Crippen molar-refractivity contribution in [2.24, 2.45) is 11.3 Å². The largest absolute Gasteiger partial charge is 0.325 e. The molecule has 2 aromatic rings. The van der Waals surface area contributed by atoms with Gasteiger partial charge in [0.05, 0.1) is 0 Å². The van der Waals surface area contributed by atoms with Crippen LogP contribution < -0.4 is 0 Å². The van der Waals surface area contributed by atoms with E-state index >= 15 is 0 Å². The van der Waals surface area contributed by atoms with Gasteiger partial charge in [-0.3, -0.25) is 14.4 Å². The van der Waals surface area contributed by atoms with Crippen LogP contribution in [0.3, 0.4) is 0 Å². The highest BCUT2D eigenvalue weighted by Crippen LogP contribution is 2.48. The zero-order valence-corrected chi connectivity index (χ0v) is 21.0. The molecule has 0 bridgehead atoms. The number of hydrogen-bond acceptors (Lipinski definition) is 3. The summed E-state index contributed by atoms with van der Waals surface area (Å²) in [5.41, 5.74) is 0.957. The third kappa shape index (κ3) is 4.65. The van der Waals surface area contributed by atoms with Crippen LogP contribution in [0.2, 0.25) is 0 Å². The molecule has 5 heteroatoms. The first kappa shape index (κ1) is 25.2. The van der Waals surface area contributed by atoms with Gasteiger partial charge < -0.3 is 4.90 Å². The van der Waals surface area contributed by atoms with Crippen molar-refractivity contribution in [3.63, 3.8) is 0 Å². The van der Waals surface area contributed by atoms with E-state index in [4.69, 9.17) is 0 Å². The number of piperidine rings is 1. The summed E-state index contributed by atoms with van der Waals surface area (Å²) in [4.78, 5) is 41.1. The van der Waals surface area contributed by atoms with Crippen LogP contribution in [0.5, 0.6) is 0 Å². The van der Waals surface area contributed by atoms with Crippen molar-refractivity contribution < 1.29 is 14.4 Å². The maximum atomic E-state index is 13.4. The molecule has 0 aliphatic carbocycles. The lowest BCUT2D eigenvalue weighted by Crippen LogP contribution is -2.59. The van der Waals surface area contributed by atoms with Crippen molar-refractivity contribution in [3.8, 4) is 0 Å². The molecule has 1 heterocycles. The Balaban J connectivity index is 2.17. The van der Waals surface area contributed by atoms with Gasteiger partial charge in [0.15, 0.2) is 0 Å². The van der Waals surface area contributed by atoms with Crippen LogP contribution in [-0.4, -0.2) is 34.3 Å². The fourth-order valence-corrected chi connectivity index (χ4v) is 5.68. The van der Waals surface area contributed by atoms with Crippen LogP contribution in [0, 0.1) is 11.3 Å². The standard InChI is InChI=1S/C28H35NO3S/c1-5-27(3,4)24(30)25(31)29-19-13-18-22(23(29)26(32)33)28(6-2,20-14-9-7-10-15-20)21-16-11-8-12-17-21/h7-12,14-17,22-23H,5-6,13,18-19H2,1-4H3,(H,32,33). The fourth-order valence-electron chi connectivity index (χ4n) is 5.36. The topological polar surface area (TPSA) is 54.5 Å². The van der Waals surface area contributed by atoms with Gasteiger partial charge in [-0.1, -0.05) is 88.4 Å². The molecule has 1 saturated heterocycles. The minimum absolute atomic E-state index is 0.201. The van der Waals surface area contributed by atoms with Gasteiger partial charge in [0.1, 0.15) is 6.04 Å². The lowest BCUT2D eigenvalue weighted by molar-refractivity contribution is -0.154. The maximum Gasteiger partial charge on any atom is 0.291 e. The van der Waals surface area contributed by atoms with Gasteiger partial charge in [-0.2, -0.15) is 0 Å². The molecule has 176 valence electrons. The van der Waals surface area contributed by atoms with Gasteiger partial charge in [-0.05, 0) is 36.8 Å². The molecule has 0 aromatic heterocycles. The summed E-state index contributed by atoms with van der Waals surface area (Å²) in [7, 11) is 0. The lowest BCUT2D eigenvalue weighted by atomic mass is 9.59. The first-order chi connectivity index (χ1) is 15.7. The number of Topliss-reactive ketones (excluding diaryl/α,β-unsaturated/α-hetero) is 1. The van der Waals surface area contributed by atoms with Gasteiger partial charge in [0.25, 0.3) is 5.91 Å². The number of ketones is 1. The van der Waals surface area contributed by atoms with Gasteiger partial charge >= 0.3 is 0 Å². The summed E-state index contributed by atoms with van der Waals surface area (Å²) in [6.45, 7) is 8.00. The molecule has 0 spiro atoms. The van der Waals surface area contributed by atoms with Crippen LogP contribution in [-0.2, 0) is 19.8 Å². The van der Waals surface area contributed by atoms with Crippen LogP contribution in [0.15, 0.2) is 60.7 Å². The average molecular weight is 466 g/mol. The van der Waals surface area contributed by atoms with E-state index in [1.165, 1.54) is 4.90 Å². The number of rotatable bonds is 8. The summed E-state index contributed by atoms with van der Waals surface area (Å²) >= 11 is 4.27. The van der Waals surface area contributed by atoms with Crippen molar-refractivity contribution in [2.75, 3.05) is 6.54 Å². The second-order valence-corrected chi connectivity index (χ2v) is 10.1. The van der Waals surface area contributed by atoms with E-state index < -0.39 is 28.6 Å². The number of hydrogen-bond donors (Lipinski definition) is 1. The third-order valence-electron chi connectivity index (χ3n) is 7.61. The molecular weight excluding hydrogens is 430 g/mol. The van der Waals surface area contributed by atoms with Gasteiger partial charge in [0, 0.05) is 23.3 Å². The molecule has 33 heavy (non-hydrogen) atoms. The maximum absolute atomic E-state index is 13.4. The molecule has 2 aromatic carbocycles. The minimum atomic E-state index is -0.772. The summed E-state index contributed by atoms with van der Waals surface area (Å²) in [6.07, 6.45) is 2.81. The lowest BCUT2D eigenvalue weighted by Gasteiger charge is -2.50. The van der Waals surface area contributed by atoms with Gasteiger partial charge in [-0.25, -0.2) is 0 Å². The zero-order chi connectivity index (χ0) is 24.2. The quantitative estimate of drug-likeness (QED) is 0.417. The predicted molar refractivity (Wildman–Crippen MR) is 135 cm³/mol. The van der Waals surface area contributed by atoms with Crippen LogP contribution in [0.25, 0.3) is 0 Å². The second-order valence-electron chi connectivity index (χ2n) is 9.65. The van der Waals surface area contributed by atoms with Crippen LogP contribution >= 0.6 is 12.6 Å². The Morgan fingerprint density at radius 2 is 1.42 bits per heavy atom. The molecule has 0 N–H and O–H groups in total. The van der Waals surface area contributed by atoms with E-state index in [9.17, 15) is 14.4 Å².